The molecule has 0 atom stereocenters. The quantitative estimate of drug-likeness (QED) is 0.807. The third kappa shape index (κ3) is 3.49. The fourth-order valence-electron chi connectivity index (χ4n) is 1.61. The lowest BCUT2D eigenvalue weighted by atomic mass is 10.2. The molecule has 2 rings (SSSR count). The molecule has 102 valence electrons. The number of carbonyl (C=O) groups is 2. The average molecular weight is 291 g/mol. The van der Waals surface area contributed by atoms with E-state index in [4.69, 9.17) is 16.7 Å². The van der Waals surface area contributed by atoms with Crippen LogP contribution >= 0.6 is 11.6 Å². The van der Waals surface area contributed by atoms with E-state index in [9.17, 15) is 9.59 Å². The highest BCUT2D eigenvalue weighted by atomic mass is 35.5. The zero-order valence-electron chi connectivity index (χ0n) is 10.3. The van der Waals surface area contributed by atoms with Gasteiger partial charge in [-0.25, -0.2) is 9.59 Å². The van der Waals surface area contributed by atoms with Crippen LogP contribution < -0.4 is 10.6 Å². The minimum absolute atomic E-state index is 0.0688. The van der Waals surface area contributed by atoms with Gasteiger partial charge in [0.25, 0.3) is 0 Å². The zero-order chi connectivity index (χ0) is 14.5. The van der Waals surface area contributed by atoms with Crippen molar-refractivity contribution in [2.75, 3.05) is 10.6 Å². The second kappa shape index (κ2) is 6.08. The molecule has 0 aliphatic heterocycles. The fraction of sp³-hybridized carbons (Fsp3) is 0. The van der Waals surface area contributed by atoms with Gasteiger partial charge in [0.2, 0.25) is 0 Å². The SMILES string of the molecule is O=C(Nc1ccccc1)Nc1ccc(Cl)cc1C(=O)O. The van der Waals surface area contributed by atoms with Crippen LogP contribution in [-0.2, 0) is 0 Å². The van der Waals surface area contributed by atoms with E-state index in [1.807, 2.05) is 6.07 Å². The molecular formula is C14H11ClN2O3. The maximum absolute atomic E-state index is 11.8. The Morgan fingerprint density at radius 1 is 1.00 bits per heavy atom. The predicted octanol–water partition coefficient (Wildman–Crippen LogP) is 3.68. The summed E-state index contributed by atoms with van der Waals surface area (Å²) in [6.45, 7) is 0. The van der Waals surface area contributed by atoms with E-state index in [1.54, 1.807) is 24.3 Å². The molecule has 0 saturated heterocycles. The van der Waals surface area contributed by atoms with E-state index in [0.29, 0.717) is 5.69 Å². The molecule has 0 spiro atoms. The van der Waals surface area contributed by atoms with E-state index >= 15 is 0 Å². The molecule has 0 aromatic heterocycles. The van der Waals surface area contributed by atoms with Gasteiger partial charge < -0.3 is 15.7 Å². The Hall–Kier alpha value is -2.53. The van der Waals surface area contributed by atoms with Crippen LogP contribution in [-0.4, -0.2) is 17.1 Å². The second-order valence-corrected chi connectivity index (χ2v) is 4.38. The van der Waals surface area contributed by atoms with Gasteiger partial charge in [0.15, 0.2) is 0 Å². The number of carboxylic acid groups (broad SMARTS) is 1. The number of carboxylic acids is 1. The van der Waals surface area contributed by atoms with Gasteiger partial charge in [-0.3, -0.25) is 0 Å². The number of anilines is 2. The summed E-state index contributed by atoms with van der Waals surface area (Å²) in [6, 6.07) is 12.5. The van der Waals surface area contributed by atoms with E-state index in [0.717, 1.165) is 0 Å². The first-order chi connectivity index (χ1) is 9.56. The van der Waals surface area contributed by atoms with Crippen molar-refractivity contribution in [3.05, 3.63) is 59.1 Å². The van der Waals surface area contributed by atoms with Crippen molar-refractivity contribution >= 4 is 35.0 Å². The Morgan fingerprint density at radius 2 is 1.70 bits per heavy atom. The summed E-state index contributed by atoms with van der Waals surface area (Å²) >= 11 is 5.74. The molecule has 6 heteroatoms. The van der Waals surface area contributed by atoms with E-state index < -0.39 is 12.0 Å². The van der Waals surface area contributed by atoms with Crippen molar-refractivity contribution in [3.8, 4) is 0 Å². The number of nitrogens with one attached hydrogen (secondary N) is 2. The number of amides is 2. The van der Waals surface area contributed by atoms with Crippen molar-refractivity contribution in [1.29, 1.82) is 0 Å². The second-order valence-electron chi connectivity index (χ2n) is 3.94. The number of para-hydroxylation sites is 1. The van der Waals surface area contributed by atoms with E-state index in [2.05, 4.69) is 10.6 Å². The van der Waals surface area contributed by atoms with Crippen LogP contribution in [0.4, 0.5) is 16.2 Å². The zero-order valence-corrected chi connectivity index (χ0v) is 11.0. The predicted molar refractivity (Wildman–Crippen MR) is 77.5 cm³/mol. The van der Waals surface area contributed by atoms with E-state index in [-0.39, 0.29) is 16.3 Å². The maximum Gasteiger partial charge on any atom is 0.337 e. The lowest BCUT2D eigenvalue weighted by molar-refractivity contribution is 0.0698. The Morgan fingerprint density at radius 3 is 2.35 bits per heavy atom. The largest absolute Gasteiger partial charge is 0.478 e. The van der Waals surface area contributed by atoms with Crippen LogP contribution in [0.5, 0.6) is 0 Å². The topological polar surface area (TPSA) is 78.4 Å². The molecule has 20 heavy (non-hydrogen) atoms. The van der Waals surface area contributed by atoms with E-state index in [1.165, 1.54) is 18.2 Å². The number of hydrogen-bond acceptors (Lipinski definition) is 2. The van der Waals surface area contributed by atoms with Gasteiger partial charge in [-0.1, -0.05) is 29.8 Å². The average Bonchev–Trinajstić information content (AvgIpc) is 2.41. The number of aromatic carboxylic acids is 1. The number of halogens is 1. The first-order valence-corrected chi connectivity index (χ1v) is 6.10. The number of carbonyl (C=O) groups excluding carboxylic acids is 1. The highest BCUT2D eigenvalue weighted by Crippen LogP contribution is 2.21. The van der Waals surface area contributed by atoms with Crippen molar-refractivity contribution < 1.29 is 14.7 Å². The van der Waals surface area contributed by atoms with Crippen molar-refractivity contribution in [2.24, 2.45) is 0 Å². The van der Waals surface area contributed by atoms with Crippen LogP contribution in [0.15, 0.2) is 48.5 Å². The van der Waals surface area contributed by atoms with Crippen molar-refractivity contribution in [3.63, 3.8) is 0 Å². The van der Waals surface area contributed by atoms with Crippen molar-refractivity contribution in [1.82, 2.24) is 0 Å². The third-order valence-electron chi connectivity index (χ3n) is 2.49. The van der Waals surface area contributed by atoms with Gasteiger partial charge in [0.05, 0.1) is 11.3 Å². The molecular weight excluding hydrogens is 280 g/mol. The number of benzene rings is 2. The molecule has 0 heterocycles. The molecule has 0 radical (unpaired) electrons. The fourth-order valence-corrected chi connectivity index (χ4v) is 1.78. The highest BCUT2D eigenvalue weighted by Gasteiger charge is 2.13. The van der Waals surface area contributed by atoms with Gasteiger partial charge in [0, 0.05) is 10.7 Å². The monoisotopic (exact) mass is 290 g/mol. The van der Waals surface area contributed by atoms with Crippen LogP contribution in [0.25, 0.3) is 0 Å². The maximum atomic E-state index is 11.8. The normalized spacial score (nSPS) is 9.85. The van der Waals surface area contributed by atoms with Gasteiger partial charge in [-0.05, 0) is 30.3 Å². The van der Waals surface area contributed by atoms with Gasteiger partial charge in [-0.15, -0.1) is 0 Å². The lowest BCUT2D eigenvalue weighted by Crippen LogP contribution is -2.20. The molecule has 0 fully saturated rings. The summed E-state index contributed by atoms with van der Waals surface area (Å²) in [6.07, 6.45) is 0. The number of rotatable bonds is 3. The molecule has 0 aliphatic rings. The minimum Gasteiger partial charge on any atom is -0.478 e. The highest BCUT2D eigenvalue weighted by molar-refractivity contribution is 6.31. The molecule has 0 aliphatic carbocycles. The lowest BCUT2D eigenvalue weighted by Gasteiger charge is -2.10. The molecule has 0 unspecified atom stereocenters. The molecule has 0 saturated carbocycles. The summed E-state index contributed by atoms with van der Waals surface area (Å²) in [5.41, 5.74) is 0.715. The molecule has 0 bridgehead atoms. The Labute approximate surface area is 120 Å². The minimum atomic E-state index is -1.16. The summed E-state index contributed by atoms with van der Waals surface area (Å²) in [5.74, 6) is -1.16. The Kier molecular flexibility index (Phi) is 4.22. The molecule has 3 N–H and O–H groups in total. The number of hydrogen-bond donors (Lipinski definition) is 3. The summed E-state index contributed by atoms with van der Waals surface area (Å²) in [7, 11) is 0. The van der Waals surface area contributed by atoms with Gasteiger partial charge in [0.1, 0.15) is 0 Å². The van der Waals surface area contributed by atoms with Crippen LogP contribution in [0.2, 0.25) is 5.02 Å². The van der Waals surface area contributed by atoms with Crippen molar-refractivity contribution in [2.45, 2.75) is 0 Å². The Bertz CT molecular complexity index is 644. The molecule has 5 nitrogen and oxygen atoms in total. The van der Waals surface area contributed by atoms with Crippen LogP contribution in [0.1, 0.15) is 10.4 Å². The summed E-state index contributed by atoms with van der Waals surface area (Å²) in [5, 5.41) is 14.4. The third-order valence-corrected chi connectivity index (χ3v) is 2.73. The Balaban J connectivity index is 2.14. The molecule has 2 aromatic rings. The first kappa shape index (κ1) is 13.9. The smallest absolute Gasteiger partial charge is 0.337 e. The van der Waals surface area contributed by atoms with Gasteiger partial charge >= 0.3 is 12.0 Å². The van der Waals surface area contributed by atoms with Crippen LogP contribution in [0.3, 0.4) is 0 Å². The van der Waals surface area contributed by atoms with Gasteiger partial charge in [-0.2, -0.15) is 0 Å². The molecule has 2 aromatic carbocycles. The standard InChI is InChI=1S/C14H11ClN2O3/c15-9-6-7-12(11(8-9)13(18)19)17-14(20)16-10-4-2-1-3-5-10/h1-8H,(H,18,19)(H2,16,17,20). The summed E-state index contributed by atoms with van der Waals surface area (Å²) in [4.78, 5) is 22.9. The number of urea groups is 1. The molecule has 2 amide bonds. The van der Waals surface area contributed by atoms with Crippen LogP contribution in [0, 0.1) is 0 Å². The first-order valence-electron chi connectivity index (χ1n) is 5.72. The summed E-state index contributed by atoms with van der Waals surface area (Å²) < 4.78 is 0.